The van der Waals surface area contributed by atoms with Gasteiger partial charge in [-0.3, -0.25) is 13.9 Å². The Kier molecular flexibility index (Phi) is 3.70. The fraction of sp³-hybridized carbons (Fsp3) is 0.368. The summed E-state index contributed by atoms with van der Waals surface area (Å²) >= 11 is 1.51. The Balaban J connectivity index is 1.99. The average Bonchev–Trinajstić information content (AvgIpc) is 2.95. The Bertz CT molecular complexity index is 1070. The third-order valence-electron chi connectivity index (χ3n) is 4.73. The highest BCUT2D eigenvalue weighted by Crippen LogP contribution is 2.37. The van der Waals surface area contributed by atoms with Crippen LogP contribution in [0.3, 0.4) is 0 Å². The molecule has 0 N–H and O–H groups in total. The molecule has 6 heteroatoms. The molecule has 0 spiro atoms. The van der Waals surface area contributed by atoms with E-state index in [9.17, 15) is 9.59 Å². The van der Waals surface area contributed by atoms with Gasteiger partial charge in [0.15, 0.2) is 0 Å². The largest absolute Gasteiger partial charge is 0.370 e. The zero-order valence-electron chi connectivity index (χ0n) is 14.5. The van der Waals surface area contributed by atoms with E-state index in [0.717, 1.165) is 20.8 Å². The van der Waals surface area contributed by atoms with Crippen molar-refractivity contribution in [2.75, 3.05) is 0 Å². The second-order valence-corrected chi connectivity index (χ2v) is 8.21. The van der Waals surface area contributed by atoms with Crippen LogP contribution >= 0.6 is 11.3 Å². The maximum atomic E-state index is 12.8. The van der Waals surface area contributed by atoms with Gasteiger partial charge < -0.3 is 4.74 Å². The number of hydrogen-bond acceptors (Lipinski definition) is 4. The van der Waals surface area contributed by atoms with Crippen molar-refractivity contribution in [3.05, 3.63) is 67.2 Å². The highest BCUT2D eigenvalue weighted by atomic mass is 32.1. The minimum absolute atomic E-state index is 0.209. The number of nitrogens with zero attached hydrogens (tertiary/aromatic N) is 2. The summed E-state index contributed by atoms with van der Waals surface area (Å²) in [5.41, 5.74) is 1.29. The molecule has 0 saturated heterocycles. The van der Waals surface area contributed by atoms with Crippen LogP contribution in [0.5, 0.6) is 0 Å². The van der Waals surface area contributed by atoms with Crippen molar-refractivity contribution in [1.82, 2.24) is 9.13 Å². The Morgan fingerprint density at radius 1 is 1.20 bits per heavy atom. The normalized spacial score (nSPS) is 16.1. The Morgan fingerprint density at radius 2 is 1.92 bits per heavy atom. The third-order valence-corrected chi connectivity index (χ3v) is 5.96. The molecule has 1 aromatic carbocycles. The number of hydrogen-bond donors (Lipinski definition) is 0. The van der Waals surface area contributed by atoms with Gasteiger partial charge >= 0.3 is 5.69 Å². The van der Waals surface area contributed by atoms with E-state index in [1.54, 1.807) is 11.6 Å². The van der Waals surface area contributed by atoms with Crippen LogP contribution in [0, 0.1) is 0 Å². The van der Waals surface area contributed by atoms with Crippen molar-refractivity contribution >= 4 is 21.6 Å². The van der Waals surface area contributed by atoms with Crippen LogP contribution in [-0.2, 0) is 31.4 Å². The van der Waals surface area contributed by atoms with Gasteiger partial charge in [-0.15, -0.1) is 11.3 Å². The lowest BCUT2D eigenvalue weighted by molar-refractivity contribution is -0.0379. The van der Waals surface area contributed by atoms with Crippen molar-refractivity contribution in [1.29, 1.82) is 0 Å². The number of thiophene rings is 1. The van der Waals surface area contributed by atoms with Gasteiger partial charge in [-0.1, -0.05) is 30.3 Å². The monoisotopic (exact) mass is 356 g/mol. The van der Waals surface area contributed by atoms with E-state index in [2.05, 4.69) is 0 Å². The van der Waals surface area contributed by atoms with Gasteiger partial charge in [0.2, 0.25) is 0 Å². The summed E-state index contributed by atoms with van der Waals surface area (Å²) in [5.74, 6) is 0. The second kappa shape index (κ2) is 5.68. The molecule has 4 rings (SSSR count). The van der Waals surface area contributed by atoms with Gasteiger partial charge in [-0.05, 0) is 25.0 Å². The minimum Gasteiger partial charge on any atom is -0.370 e. The van der Waals surface area contributed by atoms with Crippen molar-refractivity contribution < 1.29 is 4.74 Å². The van der Waals surface area contributed by atoms with E-state index in [4.69, 9.17) is 4.74 Å². The second-order valence-electron chi connectivity index (χ2n) is 7.13. The minimum atomic E-state index is -0.299. The van der Waals surface area contributed by atoms with Crippen LogP contribution in [0.4, 0.5) is 0 Å². The van der Waals surface area contributed by atoms with Crippen LogP contribution < -0.4 is 11.2 Å². The highest BCUT2D eigenvalue weighted by molar-refractivity contribution is 7.18. The van der Waals surface area contributed by atoms with Gasteiger partial charge in [0.05, 0.1) is 24.1 Å². The smallest absolute Gasteiger partial charge is 0.332 e. The first-order chi connectivity index (χ1) is 11.9. The van der Waals surface area contributed by atoms with Crippen LogP contribution in [0.25, 0.3) is 10.2 Å². The van der Waals surface area contributed by atoms with E-state index in [0.29, 0.717) is 25.0 Å². The summed E-state index contributed by atoms with van der Waals surface area (Å²) in [6.07, 6.45) is 0.682. The first-order valence-corrected chi connectivity index (χ1v) is 9.11. The molecule has 0 amide bonds. The van der Waals surface area contributed by atoms with Crippen LogP contribution in [0.15, 0.2) is 39.9 Å². The van der Waals surface area contributed by atoms with E-state index in [1.165, 1.54) is 15.9 Å². The lowest BCUT2D eigenvalue weighted by Crippen LogP contribution is -2.38. The number of benzene rings is 1. The zero-order valence-corrected chi connectivity index (χ0v) is 15.4. The predicted molar refractivity (Wildman–Crippen MR) is 99.4 cm³/mol. The fourth-order valence-electron chi connectivity index (χ4n) is 3.38. The van der Waals surface area contributed by atoms with Gasteiger partial charge in [-0.2, -0.15) is 0 Å². The van der Waals surface area contributed by atoms with Crippen molar-refractivity contribution in [3.8, 4) is 0 Å². The molecule has 0 fully saturated rings. The molecule has 5 nitrogen and oxygen atoms in total. The molecule has 3 heterocycles. The number of aromatic nitrogens is 2. The molecular weight excluding hydrogens is 336 g/mol. The van der Waals surface area contributed by atoms with E-state index in [-0.39, 0.29) is 16.9 Å². The molecule has 0 atom stereocenters. The van der Waals surface area contributed by atoms with Gasteiger partial charge in [0.25, 0.3) is 5.56 Å². The predicted octanol–water partition coefficient (Wildman–Crippen LogP) is 2.66. The molecule has 130 valence electrons. The number of rotatable bonds is 2. The van der Waals surface area contributed by atoms with Crippen molar-refractivity contribution in [2.45, 2.75) is 39.0 Å². The summed E-state index contributed by atoms with van der Waals surface area (Å²) in [4.78, 5) is 27.4. The third kappa shape index (κ3) is 2.65. The topological polar surface area (TPSA) is 53.2 Å². The molecule has 1 aliphatic rings. The van der Waals surface area contributed by atoms with Crippen molar-refractivity contribution in [3.63, 3.8) is 0 Å². The SMILES string of the molecule is Cn1c(=O)c2c3c(sc2n(Cc2ccccc2)c1=O)COC(C)(C)C3. The van der Waals surface area contributed by atoms with Gasteiger partial charge in [0, 0.05) is 18.3 Å². The molecule has 2 aromatic heterocycles. The van der Waals surface area contributed by atoms with Gasteiger partial charge in [-0.25, -0.2) is 4.79 Å². The van der Waals surface area contributed by atoms with Crippen LogP contribution in [-0.4, -0.2) is 14.7 Å². The zero-order chi connectivity index (χ0) is 17.8. The Morgan fingerprint density at radius 3 is 2.64 bits per heavy atom. The molecular formula is C19H20N2O3S. The van der Waals surface area contributed by atoms with Crippen LogP contribution in [0.1, 0.15) is 29.9 Å². The van der Waals surface area contributed by atoms with Crippen molar-refractivity contribution in [2.24, 2.45) is 7.05 Å². The molecule has 0 saturated carbocycles. The number of ether oxygens (including phenoxy) is 1. The molecule has 1 aliphatic heterocycles. The molecule has 3 aromatic rings. The molecule has 0 unspecified atom stereocenters. The van der Waals surface area contributed by atoms with E-state index in [1.807, 2.05) is 44.2 Å². The summed E-state index contributed by atoms with van der Waals surface area (Å²) in [5, 5.41) is 0.675. The summed E-state index contributed by atoms with van der Waals surface area (Å²) in [6, 6.07) is 9.84. The lowest BCUT2D eigenvalue weighted by Gasteiger charge is -2.29. The Hall–Kier alpha value is -2.18. The Labute approximate surface area is 149 Å². The summed E-state index contributed by atoms with van der Waals surface area (Å²) in [6.45, 7) is 5.01. The average molecular weight is 356 g/mol. The molecule has 25 heavy (non-hydrogen) atoms. The first kappa shape index (κ1) is 16.3. The quantitative estimate of drug-likeness (QED) is 0.709. The lowest BCUT2D eigenvalue weighted by atomic mass is 9.94. The molecule has 0 radical (unpaired) electrons. The number of fused-ring (bicyclic) bond motifs is 3. The summed E-state index contributed by atoms with van der Waals surface area (Å²) < 4.78 is 8.83. The van der Waals surface area contributed by atoms with Gasteiger partial charge in [0.1, 0.15) is 4.83 Å². The van der Waals surface area contributed by atoms with E-state index < -0.39 is 0 Å². The summed E-state index contributed by atoms with van der Waals surface area (Å²) in [7, 11) is 1.56. The highest BCUT2D eigenvalue weighted by Gasteiger charge is 2.31. The molecule has 0 aliphatic carbocycles. The first-order valence-electron chi connectivity index (χ1n) is 8.29. The molecule has 0 bridgehead atoms. The standard InChI is InChI=1S/C19H20N2O3S/c1-19(2)9-13-14(11-24-19)25-17-15(13)16(22)20(3)18(23)21(17)10-12-7-5-4-6-8-12/h4-8H,9-11H2,1-3H3. The maximum absolute atomic E-state index is 12.8. The van der Waals surface area contributed by atoms with Crippen LogP contribution in [0.2, 0.25) is 0 Å². The maximum Gasteiger partial charge on any atom is 0.332 e. The van der Waals surface area contributed by atoms with E-state index >= 15 is 0 Å². The fourth-order valence-corrected chi connectivity index (χ4v) is 4.59.